The number of nitrogens with one attached hydrogen (secondary N) is 1. The summed E-state index contributed by atoms with van der Waals surface area (Å²) in [5, 5.41) is 12.3. The van der Waals surface area contributed by atoms with Crippen LogP contribution >= 0.6 is 0 Å². The van der Waals surface area contributed by atoms with Gasteiger partial charge in [-0.05, 0) is 32.2 Å². The van der Waals surface area contributed by atoms with E-state index in [1.54, 1.807) is 0 Å². The molecule has 0 aromatic heterocycles. The Morgan fingerprint density at radius 2 is 2.29 bits per heavy atom. The zero-order chi connectivity index (χ0) is 15.3. The van der Waals surface area contributed by atoms with Gasteiger partial charge < -0.3 is 15.2 Å². The molecule has 2 aliphatic heterocycles. The molecular formula is C15H26N2O4. The molecular weight excluding hydrogens is 272 g/mol. The number of likely N-dealkylation sites (tertiary alicyclic amines) is 1. The van der Waals surface area contributed by atoms with Crippen LogP contribution in [-0.4, -0.2) is 60.8 Å². The molecule has 2 rings (SSSR count). The smallest absolute Gasteiger partial charge is 0.310 e. The van der Waals surface area contributed by atoms with E-state index in [0.29, 0.717) is 32.5 Å². The molecule has 2 fully saturated rings. The summed E-state index contributed by atoms with van der Waals surface area (Å²) in [6, 6.07) is 0. The fourth-order valence-electron chi connectivity index (χ4n) is 3.35. The van der Waals surface area contributed by atoms with Gasteiger partial charge >= 0.3 is 5.97 Å². The molecule has 1 amide bonds. The third-order valence-electron chi connectivity index (χ3n) is 4.53. The zero-order valence-corrected chi connectivity index (χ0v) is 12.8. The van der Waals surface area contributed by atoms with Crippen LogP contribution < -0.4 is 5.32 Å². The maximum atomic E-state index is 11.9. The van der Waals surface area contributed by atoms with E-state index < -0.39 is 11.4 Å². The van der Waals surface area contributed by atoms with Gasteiger partial charge in [0.1, 0.15) is 0 Å². The zero-order valence-electron chi connectivity index (χ0n) is 12.8. The van der Waals surface area contributed by atoms with Crippen LogP contribution in [0.1, 0.15) is 39.0 Å². The monoisotopic (exact) mass is 298 g/mol. The largest absolute Gasteiger partial charge is 0.481 e. The van der Waals surface area contributed by atoms with E-state index in [0.717, 1.165) is 25.9 Å². The first kappa shape index (κ1) is 16.2. The molecule has 0 spiro atoms. The molecule has 2 atom stereocenters. The van der Waals surface area contributed by atoms with E-state index >= 15 is 0 Å². The van der Waals surface area contributed by atoms with Crippen molar-refractivity contribution in [3.8, 4) is 0 Å². The fourth-order valence-corrected chi connectivity index (χ4v) is 3.35. The van der Waals surface area contributed by atoms with E-state index in [1.807, 2.05) is 11.8 Å². The number of carbonyl (C=O) groups is 2. The maximum Gasteiger partial charge on any atom is 0.310 e. The van der Waals surface area contributed by atoms with Crippen LogP contribution in [-0.2, 0) is 14.3 Å². The number of ether oxygens (including phenoxy) is 1. The third-order valence-corrected chi connectivity index (χ3v) is 4.53. The lowest BCUT2D eigenvalue weighted by atomic mass is 9.83. The number of aliphatic carboxylic acids is 1. The molecule has 0 radical (unpaired) electrons. The Morgan fingerprint density at radius 1 is 1.48 bits per heavy atom. The molecule has 2 aliphatic rings. The first-order valence-corrected chi connectivity index (χ1v) is 7.90. The molecule has 6 nitrogen and oxygen atoms in total. The number of amides is 1. The van der Waals surface area contributed by atoms with Gasteiger partial charge in [0, 0.05) is 19.7 Å². The van der Waals surface area contributed by atoms with Crippen molar-refractivity contribution in [1.82, 2.24) is 10.2 Å². The predicted molar refractivity (Wildman–Crippen MR) is 78.0 cm³/mol. The quantitative estimate of drug-likeness (QED) is 0.729. The van der Waals surface area contributed by atoms with Gasteiger partial charge in [-0.2, -0.15) is 0 Å². The van der Waals surface area contributed by atoms with Gasteiger partial charge in [0.2, 0.25) is 5.91 Å². The molecule has 0 aromatic rings. The first-order valence-electron chi connectivity index (χ1n) is 7.90. The van der Waals surface area contributed by atoms with E-state index in [1.165, 1.54) is 0 Å². The Morgan fingerprint density at radius 3 is 2.90 bits per heavy atom. The normalized spacial score (nSPS) is 29.7. The molecule has 0 aliphatic carbocycles. The minimum atomic E-state index is -0.730. The van der Waals surface area contributed by atoms with E-state index in [-0.39, 0.29) is 18.6 Å². The summed E-state index contributed by atoms with van der Waals surface area (Å²) in [5.74, 6) is -0.769. The van der Waals surface area contributed by atoms with Crippen LogP contribution in [0, 0.1) is 5.41 Å². The number of carbonyl (C=O) groups excluding carboxylic acids is 1. The molecule has 0 bridgehead atoms. The average Bonchev–Trinajstić information content (AvgIpc) is 3.07. The van der Waals surface area contributed by atoms with Gasteiger partial charge in [-0.1, -0.05) is 13.3 Å². The van der Waals surface area contributed by atoms with Crippen LogP contribution in [0.3, 0.4) is 0 Å². The third kappa shape index (κ3) is 4.17. The molecule has 2 N–H and O–H groups in total. The summed E-state index contributed by atoms with van der Waals surface area (Å²) in [4.78, 5) is 25.4. The summed E-state index contributed by atoms with van der Waals surface area (Å²) >= 11 is 0. The van der Waals surface area contributed by atoms with Crippen LogP contribution in [0.5, 0.6) is 0 Å². The van der Waals surface area contributed by atoms with Crippen molar-refractivity contribution in [2.75, 3.05) is 32.8 Å². The van der Waals surface area contributed by atoms with Crippen molar-refractivity contribution < 1.29 is 19.4 Å². The Bertz CT molecular complexity index is 382. The second kappa shape index (κ2) is 7.22. The first-order chi connectivity index (χ1) is 10.1. The molecule has 120 valence electrons. The number of rotatable bonds is 7. The lowest BCUT2D eigenvalue weighted by Gasteiger charge is -2.24. The lowest BCUT2D eigenvalue weighted by molar-refractivity contribution is -0.148. The predicted octanol–water partition coefficient (Wildman–Crippen LogP) is 0.858. The second-order valence-electron chi connectivity index (χ2n) is 6.24. The molecule has 0 saturated carbocycles. The highest BCUT2D eigenvalue weighted by Crippen LogP contribution is 2.35. The van der Waals surface area contributed by atoms with E-state index in [9.17, 15) is 14.7 Å². The van der Waals surface area contributed by atoms with Gasteiger partial charge in [-0.25, -0.2) is 0 Å². The van der Waals surface area contributed by atoms with Gasteiger partial charge in [0.25, 0.3) is 0 Å². The molecule has 6 heteroatoms. The van der Waals surface area contributed by atoms with Crippen LogP contribution in [0.4, 0.5) is 0 Å². The Kier molecular flexibility index (Phi) is 5.58. The van der Waals surface area contributed by atoms with Crippen molar-refractivity contribution >= 4 is 11.9 Å². The molecule has 21 heavy (non-hydrogen) atoms. The Hall–Kier alpha value is -1.14. The highest BCUT2D eigenvalue weighted by molar-refractivity contribution is 5.79. The summed E-state index contributed by atoms with van der Waals surface area (Å²) < 4.78 is 5.46. The molecule has 2 unspecified atom stereocenters. The number of carboxylic acids is 1. The minimum Gasteiger partial charge on any atom is -0.481 e. The van der Waals surface area contributed by atoms with Gasteiger partial charge in [0.15, 0.2) is 0 Å². The van der Waals surface area contributed by atoms with Crippen LogP contribution in [0.15, 0.2) is 0 Å². The maximum absolute atomic E-state index is 11.9. The van der Waals surface area contributed by atoms with Gasteiger partial charge in [-0.3, -0.25) is 14.5 Å². The second-order valence-corrected chi connectivity index (χ2v) is 6.24. The van der Waals surface area contributed by atoms with Crippen molar-refractivity contribution in [3.63, 3.8) is 0 Å². The highest BCUT2D eigenvalue weighted by Gasteiger charge is 2.44. The average molecular weight is 298 g/mol. The topological polar surface area (TPSA) is 78.9 Å². The Labute approximate surface area is 125 Å². The number of hydrogen-bond acceptors (Lipinski definition) is 4. The highest BCUT2D eigenvalue weighted by atomic mass is 16.5. The van der Waals surface area contributed by atoms with Crippen molar-refractivity contribution in [2.45, 2.75) is 45.1 Å². The standard InChI is InChI=1S/C15H26N2O4/c1-2-5-15(14(19)20)6-7-17(11-15)10-13(18)16-9-12-4-3-8-21-12/h12H,2-11H2,1H3,(H,16,18)(H,19,20). The van der Waals surface area contributed by atoms with Gasteiger partial charge in [-0.15, -0.1) is 0 Å². The molecule has 0 aromatic carbocycles. The van der Waals surface area contributed by atoms with Gasteiger partial charge in [0.05, 0.1) is 18.1 Å². The summed E-state index contributed by atoms with van der Waals surface area (Å²) in [6.45, 7) is 4.78. The Balaban J connectivity index is 1.75. The van der Waals surface area contributed by atoms with Crippen LogP contribution in [0.2, 0.25) is 0 Å². The van der Waals surface area contributed by atoms with Crippen molar-refractivity contribution in [3.05, 3.63) is 0 Å². The number of carboxylic acid groups (broad SMARTS) is 1. The van der Waals surface area contributed by atoms with Crippen molar-refractivity contribution in [1.29, 1.82) is 0 Å². The summed E-state index contributed by atoms with van der Waals surface area (Å²) in [6.07, 6.45) is 4.37. The van der Waals surface area contributed by atoms with E-state index in [4.69, 9.17) is 4.74 Å². The SMILES string of the molecule is CCCC1(C(=O)O)CCN(CC(=O)NCC2CCCO2)C1. The minimum absolute atomic E-state index is 0.0387. The number of nitrogens with zero attached hydrogens (tertiary/aromatic N) is 1. The molecule has 2 heterocycles. The van der Waals surface area contributed by atoms with E-state index in [2.05, 4.69) is 5.32 Å². The fraction of sp³-hybridized carbons (Fsp3) is 0.867. The molecule has 2 saturated heterocycles. The van der Waals surface area contributed by atoms with Crippen LogP contribution in [0.25, 0.3) is 0 Å². The summed E-state index contributed by atoms with van der Waals surface area (Å²) in [5.41, 5.74) is -0.663. The number of hydrogen-bond donors (Lipinski definition) is 2. The van der Waals surface area contributed by atoms with Crippen molar-refractivity contribution in [2.24, 2.45) is 5.41 Å². The summed E-state index contributed by atoms with van der Waals surface area (Å²) in [7, 11) is 0. The lowest BCUT2D eigenvalue weighted by Crippen LogP contribution is -2.41.